The molecule has 0 bridgehead atoms. The maximum absolute atomic E-state index is 10.7. The van der Waals surface area contributed by atoms with Crippen molar-refractivity contribution in [2.45, 2.75) is 6.54 Å². The quantitative estimate of drug-likeness (QED) is 0.505. The summed E-state index contributed by atoms with van der Waals surface area (Å²) in [6, 6.07) is 14.3. The van der Waals surface area contributed by atoms with Gasteiger partial charge in [0.05, 0.1) is 17.2 Å². The molecule has 0 N–H and O–H groups in total. The third kappa shape index (κ3) is 3.54. The van der Waals surface area contributed by atoms with Crippen LogP contribution in [0.3, 0.4) is 0 Å². The van der Waals surface area contributed by atoms with E-state index in [1.807, 2.05) is 29.3 Å². The summed E-state index contributed by atoms with van der Waals surface area (Å²) in [6.45, 7) is 0.525. The molecule has 0 spiro atoms. The lowest BCUT2D eigenvalue weighted by atomic mass is 10.2. The van der Waals surface area contributed by atoms with Crippen molar-refractivity contribution >= 4 is 27.3 Å². The minimum Gasteiger partial charge on any atom is -0.274 e. The van der Waals surface area contributed by atoms with E-state index in [2.05, 4.69) is 26.1 Å². The first kappa shape index (κ1) is 15.2. The zero-order valence-corrected chi connectivity index (χ0v) is 13.5. The largest absolute Gasteiger partial charge is 0.274 e. The first-order chi connectivity index (χ1) is 11.1. The summed E-state index contributed by atoms with van der Waals surface area (Å²) in [5.41, 5.74) is 1.96. The predicted octanol–water partition coefficient (Wildman–Crippen LogP) is 3.42. The summed E-state index contributed by atoms with van der Waals surface area (Å²) in [5, 5.41) is 20.4. The molecular weight excluding hydrogens is 362 g/mol. The number of aromatic nitrogens is 3. The average molecular weight is 374 g/mol. The van der Waals surface area contributed by atoms with Crippen LogP contribution in [0, 0.1) is 10.1 Å². The van der Waals surface area contributed by atoms with Gasteiger partial charge >= 0.3 is 0 Å². The van der Waals surface area contributed by atoms with Crippen LogP contribution in [0.4, 0.5) is 11.4 Å². The third-order valence-electron chi connectivity index (χ3n) is 3.29. The molecule has 8 heteroatoms. The number of anilines is 1. The van der Waals surface area contributed by atoms with Gasteiger partial charge in [-0.2, -0.15) is 0 Å². The van der Waals surface area contributed by atoms with E-state index in [9.17, 15) is 10.1 Å². The Morgan fingerprint density at radius 1 is 1.04 bits per heavy atom. The van der Waals surface area contributed by atoms with Crippen molar-refractivity contribution in [3.8, 4) is 0 Å². The molecule has 3 rings (SSSR count). The molecular formula is C15H12BrN5O2. The van der Waals surface area contributed by atoms with Gasteiger partial charge in [-0.05, 0) is 29.8 Å². The fourth-order valence-corrected chi connectivity index (χ4v) is 2.40. The molecule has 0 saturated heterocycles. The summed E-state index contributed by atoms with van der Waals surface area (Å²) in [5.74, 6) is 0. The molecule has 0 radical (unpaired) electrons. The van der Waals surface area contributed by atoms with Crippen LogP contribution >= 0.6 is 15.9 Å². The zero-order chi connectivity index (χ0) is 16.2. The summed E-state index contributed by atoms with van der Waals surface area (Å²) in [7, 11) is 0. The van der Waals surface area contributed by atoms with E-state index < -0.39 is 4.92 Å². The summed E-state index contributed by atoms with van der Waals surface area (Å²) in [4.78, 5) is 10.3. The number of hydrogen-bond donors (Lipinski definition) is 0. The van der Waals surface area contributed by atoms with Crippen LogP contribution in [-0.4, -0.2) is 19.8 Å². The van der Waals surface area contributed by atoms with E-state index in [0.29, 0.717) is 6.54 Å². The third-order valence-corrected chi connectivity index (χ3v) is 3.82. The summed E-state index contributed by atoms with van der Waals surface area (Å²) in [6.07, 6.45) is 3.21. The lowest BCUT2D eigenvalue weighted by molar-refractivity contribution is -0.384. The number of nitrogens with zero attached hydrogens (tertiary/aromatic N) is 5. The lowest BCUT2D eigenvalue weighted by Crippen LogP contribution is -2.27. The van der Waals surface area contributed by atoms with Gasteiger partial charge in [0.2, 0.25) is 0 Å². The fraction of sp³-hybridized carbons (Fsp3) is 0.0667. The van der Waals surface area contributed by atoms with Crippen molar-refractivity contribution in [3.63, 3.8) is 0 Å². The molecule has 3 aromatic rings. The molecule has 0 atom stereocenters. The number of halogens is 1. The molecule has 1 heterocycles. The number of hydrogen-bond acceptors (Lipinski definition) is 5. The number of rotatable bonds is 5. The standard InChI is InChI=1S/C15H12BrN5O2/c16-13-3-7-14(8-4-13)20(19-10-17-18-11-19)9-12-1-5-15(6-2-12)21(22)23/h1-8,10-11H,9H2. The van der Waals surface area contributed by atoms with Crippen molar-refractivity contribution in [2.24, 2.45) is 0 Å². The van der Waals surface area contributed by atoms with Gasteiger partial charge in [-0.3, -0.25) is 15.1 Å². The van der Waals surface area contributed by atoms with Gasteiger partial charge in [0, 0.05) is 16.6 Å². The van der Waals surface area contributed by atoms with Crippen molar-refractivity contribution in [1.82, 2.24) is 14.9 Å². The average Bonchev–Trinajstić information content (AvgIpc) is 3.08. The van der Waals surface area contributed by atoms with Gasteiger partial charge in [0.25, 0.3) is 5.69 Å². The number of nitro benzene ring substituents is 1. The smallest absolute Gasteiger partial charge is 0.269 e. The van der Waals surface area contributed by atoms with E-state index in [1.54, 1.807) is 29.5 Å². The molecule has 23 heavy (non-hydrogen) atoms. The van der Waals surface area contributed by atoms with Crippen LogP contribution in [-0.2, 0) is 6.54 Å². The Morgan fingerprint density at radius 3 is 2.22 bits per heavy atom. The highest BCUT2D eigenvalue weighted by atomic mass is 79.9. The van der Waals surface area contributed by atoms with Crippen LogP contribution in [0.15, 0.2) is 65.7 Å². The second kappa shape index (κ2) is 6.57. The first-order valence-corrected chi connectivity index (χ1v) is 7.54. The fourth-order valence-electron chi connectivity index (χ4n) is 2.14. The summed E-state index contributed by atoms with van der Waals surface area (Å²) >= 11 is 3.42. The lowest BCUT2D eigenvalue weighted by Gasteiger charge is -2.25. The molecule has 7 nitrogen and oxygen atoms in total. The zero-order valence-electron chi connectivity index (χ0n) is 11.9. The normalized spacial score (nSPS) is 10.5. The Labute approximate surface area is 140 Å². The Bertz CT molecular complexity index is 788. The Morgan fingerprint density at radius 2 is 1.65 bits per heavy atom. The summed E-state index contributed by atoms with van der Waals surface area (Å²) < 4.78 is 2.75. The maximum atomic E-state index is 10.7. The molecule has 0 saturated carbocycles. The molecule has 0 amide bonds. The highest BCUT2D eigenvalue weighted by Gasteiger charge is 2.11. The van der Waals surface area contributed by atoms with Crippen LogP contribution in [0.25, 0.3) is 0 Å². The molecule has 2 aromatic carbocycles. The number of benzene rings is 2. The van der Waals surface area contributed by atoms with Crippen LogP contribution in [0.5, 0.6) is 0 Å². The highest BCUT2D eigenvalue weighted by Crippen LogP contribution is 2.22. The number of nitro groups is 1. The SMILES string of the molecule is O=[N+]([O-])c1ccc(CN(c2ccc(Br)cc2)n2cnnc2)cc1. The van der Waals surface area contributed by atoms with Gasteiger partial charge in [0.15, 0.2) is 0 Å². The topological polar surface area (TPSA) is 77.1 Å². The molecule has 0 aliphatic heterocycles. The van der Waals surface area contributed by atoms with Crippen molar-refractivity contribution in [3.05, 3.63) is 81.3 Å². The molecule has 0 unspecified atom stereocenters. The Hall–Kier alpha value is -2.74. The van der Waals surface area contributed by atoms with E-state index >= 15 is 0 Å². The van der Waals surface area contributed by atoms with E-state index in [0.717, 1.165) is 15.7 Å². The predicted molar refractivity (Wildman–Crippen MR) is 88.8 cm³/mol. The Kier molecular flexibility index (Phi) is 4.33. The molecule has 0 aliphatic rings. The number of non-ortho nitro benzene ring substituents is 1. The molecule has 116 valence electrons. The van der Waals surface area contributed by atoms with Crippen molar-refractivity contribution in [2.75, 3.05) is 5.01 Å². The van der Waals surface area contributed by atoms with Gasteiger partial charge in [-0.1, -0.05) is 28.1 Å². The van der Waals surface area contributed by atoms with Gasteiger partial charge in [0.1, 0.15) is 12.7 Å². The van der Waals surface area contributed by atoms with Gasteiger partial charge in [-0.15, -0.1) is 10.2 Å². The van der Waals surface area contributed by atoms with Crippen molar-refractivity contribution < 1.29 is 4.92 Å². The maximum Gasteiger partial charge on any atom is 0.269 e. The van der Waals surface area contributed by atoms with Gasteiger partial charge < -0.3 is 0 Å². The first-order valence-electron chi connectivity index (χ1n) is 6.75. The monoisotopic (exact) mass is 373 g/mol. The molecule has 1 aromatic heterocycles. The van der Waals surface area contributed by atoms with E-state index in [1.165, 1.54) is 12.1 Å². The second-order valence-corrected chi connectivity index (χ2v) is 5.72. The van der Waals surface area contributed by atoms with E-state index in [4.69, 9.17) is 0 Å². The Balaban J connectivity index is 1.90. The minimum atomic E-state index is -0.407. The van der Waals surface area contributed by atoms with Crippen LogP contribution in [0.2, 0.25) is 0 Å². The minimum absolute atomic E-state index is 0.0771. The van der Waals surface area contributed by atoms with Gasteiger partial charge in [-0.25, -0.2) is 4.68 Å². The van der Waals surface area contributed by atoms with Crippen molar-refractivity contribution in [1.29, 1.82) is 0 Å². The highest BCUT2D eigenvalue weighted by molar-refractivity contribution is 9.10. The van der Waals surface area contributed by atoms with Crippen LogP contribution < -0.4 is 5.01 Å². The second-order valence-electron chi connectivity index (χ2n) is 4.80. The molecule has 0 fully saturated rings. The molecule has 0 aliphatic carbocycles. The van der Waals surface area contributed by atoms with Crippen LogP contribution in [0.1, 0.15) is 5.56 Å². The van der Waals surface area contributed by atoms with E-state index in [-0.39, 0.29) is 5.69 Å².